The molecular formula is C11H10ClFN2O2. The third-order valence-electron chi connectivity index (χ3n) is 2.24. The van der Waals surface area contributed by atoms with Crippen LogP contribution >= 0.6 is 12.4 Å². The molecule has 1 aromatic heterocycles. The fraction of sp³-hybridized carbons (Fsp3) is 0.0909. The van der Waals surface area contributed by atoms with Crippen LogP contribution in [0.15, 0.2) is 43.0 Å². The second kappa shape index (κ2) is 5.45. The summed E-state index contributed by atoms with van der Waals surface area (Å²) in [4.78, 5) is 14.9. The molecule has 1 unspecified atom stereocenters. The molecule has 4 nitrogen and oxygen atoms in total. The van der Waals surface area contributed by atoms with Gasteiger partial charge in [-0.1, -0.05) is 12.1 Å². The van der Waals surface area contributed by atoms with Crippen molar-refractivity contribution >= 4 is 18.4 Å². The summed E-state index contributed by atoms with van der Waals surface area (Å²) in [6.45, 7) is 0. The molecule has 0 spiro atoms. The van der Waals surface area contributed by atoms with E-state index in [9.17, 15) is 9.18 Å². The maximum atomic E-state index is 12.7. The van der Waals surface area contributed by atoms with Crippen LogP contribution in [0, 0.1) is 5.82 Å². The predicted molar refractivity (Wildman–Crippen MR) is 61.6 cm³/mol. The van der Waals surface area contributed by atoms with E-state index in [0.29, 0.717) is 5.56 Å². The minimum Gasteiger partial charge on any atom is -0.479 e. The first-order chi connectivity index (χ1) is 7.68. The molecule has 2 aromatic rings. The number of halogens is 2. The van der Waals surface area contributed by atoms with Crippen molar-refractivity contribution < 1.29 is 14.3 Å². The first-order valence-electron chi connectivity index (χ1n) is 4.64. The minimum atomic E-state index is -1.01. The van der Waals surface area contributed by atoms with Gasteiger partial charge in [0.1, 0.15) is 5.82 Å². The van der Waals surface area contributed by atoms with Gasteiger partial charge < -0.3 is 9.67 Å². The molecule has 1 aromatic carbocycles. The van der Waals surface area contributed by atoms with Crippen molar-refractivity contribution in [2.45, 2.75) is 6.04 Å². The van der Waals surface area contributed by atoms with Gasteiger partial charge in [0.05, 0.1) is 6.33 Å². The molecule has 6 heteroatoms. The highest BCUT2D eigenvalue weighted by atomic mass is 35.5. The van der Waals surface area contributed by atoms with Crippen molar-refractivity contribution in [2.24, 2.45) is 0 Å². The van der Waals surface area contributed by atoms with Crippen molar-refractivity contribution in [1.29, 1.82) is 0 Å². The molecule has 1 N–H and O–H groups in total. The molecule has 0 fully saturated rings. The van der Waals surface area contributed by atoms with Crippen molar-refractivity contribution in [2.75, 3.05) is 0 Å². The van der Waals surface area contributed by atoms with E-state index in [0.717, 1.165) is 0 Å². The number of imidazole rings is 1. The Morgan fingerprint density at radius 1 is 1.35 bits per heavy atom. The average molecular weight is 257 g/mol. The number of hydrogen-bond donors (Lipinski definition) is 1. The molecular weight excluding hydrogens is 247 g/mol. The van der Waals surface area contributed by atoms with Gasteiger partial charge in [-0.15, -0.1) is 12.4 Å². The Balaban J connectivity index is 0.00000144. The van der Waals surface area contributed by atoms with Crippen LogP contribution in [0.1, 0.15) is 11.6 Å². The summed E-state index contributed by atoms with van der Waals surface area (Å²) in [6.07, 6.45) is 4.48. The lowest BCUT2D eigenvalue weighted by Crippen LogP contribution is -2.19. The van der Waals surface area contributed by atoms with Gasteiger partial charge >= 0.3 is 5.97 Å². The van der Waals surface area contributed by atoms with Crippen LogP contribution in [0.25, 0.3) is 0 Å². The van der Waals surface area contributed by atoms with Gasteiger partial charge in [-0.25, -0.2) is 14.2 Å². The van der Waals surface area contributed by atoms with E-state index in [-0.39, 0.29) is 12.4 Å². The number of aromatic nitrogens is 2. The maximum absolute atomic E-state index is 12.7. The molecule has 0 aliphatic carbocycles. The fourth-order valence-electron chi connectivity index (χ4n) is 1.51. The highest BCUT2D eigenvalue weighted by Gasteiger charge is 2.20. The summed E-state index contributed by atoms with van der Waals surface area (Å²) in [5, 5.41) is 9.13. The molecule has 0 amide bonds. The van der Waals surface area contributed by atoms with Gasteiger partial charge in [0, 0.05) is 12.4 Å². The standard InChI is InChI=1S/C11H9FN2O2.ClH/c12-9-3-1-8(2-4-9)10(11(15)16)14-6-5-13-7-14;/h1-7,10H,(H,15,16);1H. The Bertz CT molecular complexity index is 485. The van der Waals surface area contributed by atoms with Crippen LogP contribution in [0.4, 0.5) is 4.39 Å². The molecule has 0 aliphatic heterocycles. The van der Waals surface area contributed by atoms with E-state index in [2.05, 4.69) is 4.98 Å². The van der Waals surface area contributed by atoms with Crippen molar-refractivity contribution in [3.63, 3.8) is 0 Å². The monoisotopic (exact) mass is 256 g/mol. The van der Waals surface area contributed by atoms with Gasteiger partial charge in [-0.05, 0) is 17.7 Å². The number of nitrogens with zero attached hydrogens (tertiary/aromatic N) is 2. The number of carboxylic acids is 1. The van der Waals surface area contributed by atoms with Gasteiger partial charge in [0.2, 0.25) is 0 Å². The van der Waals surface area contributed by atoms with Crippen LogP contribution in [0.5, 0.6) is 0 Å². The van der Waals surface area contributed by atoms with E-state index >= 15 is 0 Å². The first-order valence-corrected chi connectivity index (χ1v) is 4.64. The Kier molecular flexibility index (Phi) is 4.23. The molecule has 2 rings (SSSR count). The lowest BCUT2D eigenvalue weighted by molar-refractivity contribution is -0.139. The summed E-state index contributed by atoms with van der Waals surface area (Å²) < 4.78 is 14.2. The average Bonchev–Trinajstić information content (AvgIpc) is 2.74. The maximum Gasteiger partial charge on any atom is 0.331 e. The van der Waals surface area contributed by atoms with Gasteiger partial charge in [0.25, 0.3) is 0 Å². The molecule has 0 aliphatic rings. The highest BCUT2D eigenvalue weighted by Crippen LogP contribution is 2.18. The van der Waals surface area contributed by atoms with Crippen LogP contribution < -0.4 is 0 Å². The van der Waals surface area contributed by atoms with E-state index in [1.807, 2.05) is 0 Å². The number of aliphatic carboxylic acids is 1. The van der Waals surface area contributed by atoms with Crippen molar-refractivity contribution in [1.82, 2.24) is 9.55 Å². The number of rotatable bonds is 3. The lowest BCUT2D eigenvalue weighted by atomic mass is 10.1. The normalized spacial score (nSPS) is 11.6. The Morgan fingerprint density at radius 3 is 2.47 bits per heavy atom. The molecule has 1 heterocycles. The lowest BCUT2D eigenvalue weighted by Gasteiger charge is -2.13. The Morgan fingerprint density at radius 2 is 2.00 bits per heavy atom. The summed E-state index contributed by atoms with van der Waals surface area (Å²) in [5.41, 5.74) is 0.506. The van der Waals surface area contributed by atoms with E-state index in [1.165, 1.54) is 41.4 Å². The predicted octanol–water partition coefficient (Wildman–Crippen LogP) is 2.12. The zero-order valence-corrected chi connectivity index (χ0v) is 9.47. The fourth-order valence-corrected chi connectivity index (χ4v) is 1.51. The first kappa shape index (κ1) is 13.2. The van der Waals surface area contributed by atoms with Gasteiger partial charge in [0.15, 0.2) is 6.04 Å². The molecule has 90 valence electrons. The van der Waals surface area contributed by atoms with Crippen LogP contribution in [-0.4, -0.2) is 20.6 Å². The third kappa shape index (κ3) is 2.82. The molecule has 0 bridgehead atoms. The zero-order chi connectivity index (χ0) is 11.5. The van der Waals surface area contributed by atoms with Crippen molar-refractivity contribution in [3.05, 3.63) is 54.4 Å². The van der Waals surface area contributed by atoms with Crippen molar-refractivity contribution in [3.8, 4) is 0 Å². The number of carboxylic acid groups (broad SMARTS) is 1. The van der Waals surface area contributed by atoms with E-state index < -0.39 is 17.8 Å². The molecule has 0 saturated carbocycles. The Labute approximate surface area is 103 Å². The molecule has 17 heavy (non-hydrogen) atoms. The second-order valence-corrected chi connectivity index (χ2v) is 3.30. The summed E-state index contributed by atoms with van der Waals surface area (Å²) >= 11 is 0. The molecule has 1 atom stereocenters. The van der Waals surface area contributed by atoms with E-state index in [4.69, 9.17) is 5.11 Å². The van der Waals surface area contributed by atoms with Gasteiger partial charge in [-0.2, -0.15) is 0 Å². The molecule has 0 radical (unpaired) electrons. The quantitative estimate of drug-likeness (QED) is 0.915. The Hall–Kier alpha value is -1.88. The second-order valence-electron chi connectivity index (χ2n) is 3.30. The minimum absolute atomic E-state index is 0. The van der Waals surface area contributed by atoms with Crippen LogP contribution in [0.3, 0.4) is 0 Å². The number of benzene rings is 1. The summed E-state index contributed by atoms with van der Waals surface area (Å²) in [5.74, 6) is -1.40. The van der Waals surface area contributed by atoms with E-state index in [1.54, 1.807) is 6.20 Å². The van der Waals surface area contributed by atoms with Crippen LogP contribution in [-0.2, 0) is 4.79 Å². The smallest absolute Gasteiger partial charge is 0.331 e. The largest absolute Gasteiger partial charge is 0.479 e. The van der Waals surface area contributed by atoms with Crippen LogP contribution in [0.2, 0.25) is 0 Å². The summed E-state index contributed by atoms with van der Waals surface area (Å²) in [6, 6.07) is 4.51. The number of hydrogen-bond acceptors (Lipinski definition) is 2. The topological polar surface area (TPSA) is 55.1 Å². The zero-order valence-electron chi connectivity index (χ0n) is 8.65. The number of carbonyl (C=O) groups is 1. The molecule has 0 saturated heterocycles. The SMILES string of the molecule is Cl.O=C(O)C(c1ccc(F)cc1)n1ccnc1. The van der Waals surface area contributed by atoms with Gasteiger partial charge in [-0.3, -0.25) is 0 Å². The highest BCUT2D eigenvalue weighted by molar-refractivity contribution is 5.85. The third-order valence-corrected chi connectivity index (χ3v) is 2.24. The summed E-state index contributed by atoms with van der Waals surface area (Å²) in [7, 11) is 0.